The van der Waals surface area contributed by atoms with Crippen LogP contribution in [0, 0.1) is 0 Å². The highest BCUT2D eigenvalue weighted by atomic mass is 16.5. The average Bonchev–Trinajstić information content (AvgIpc) is 3.78. The largest absolute Gasteiger partial charge is 0.457 e. The van der Waals surface area contributed by atoms with Gasteiger partial charge in [0, 0.05) is 39.2 Å². The predicted molar refractivity (Wildman–Crippen MR) is 312 cm³/mol. The lowest BCUT2D eigenvalue weighted by Crippen LogP contribution is -2.32. The first-order valence-electron chi connectivity index (χ1n) is 26.6. The molecule has 360 valence electrons. The molecule has 77 heavy (non-hydrogen) atoms. The highest BCUT2D eigenvalue weighted by molar-refractivity contribution is 5.98. The van der Waals surface area contributed by atoms with Crippen molar-refractivity contribution in [2.24, 2.45) is 0 Å². The quantitative estimate of drug-likeness (QED) is 0.166. The van der Waals surface area contributed by atoms with E-state index in [1.807, 2.05) is 0 Å². The number of fused-ring (bicyclic) bond motifs is 18. The Balaban J connectivity index is 0.856. The Labute approximate surface area is 448 Å². The molecule has 0 aromatic heterocycles. The Hall–Kier alpha value is -9.96. The highest BCUT2D eigenvalue weighted by Gasteiger charge is 2.53. The summed E-state index contributed by atoms with van der Waals surface area (Å²) in [6, 6.07) is 104. The lowest BCUT2D eigenvalue weighted by atomic mass is 9.66. The van der Waals surface area contributed by atoms with E-state index < -0.39 is 10.8 Å². The molecule has 0 unspecified atom stereocenters. The number of nitrogens with zero attached hydrogens (tertiary/aromatic N) is 1. The standard InChI is InChI=1S/C74H47NO2/c1-2-19-48(20-3-1)49-37-42-52(43-38-49)75(53-44-39-50(40-45-53)55-24-18-31-66-72(55)57-23-5-8-26-60(57)74(66)64-29-11-16-35-70(64)77-71-36-17-12-30-65(71)74)67-32-13-6-21-54(67)51-41-46-61-58(47-51)56-22-4-7-25-59(56)73(61)62-27-9-14-33-68(62)76-69-34-15-10-28-63(69)73/h1-47H. The lowest BCUT2D eigenvalue weighted by Gasteiger charge is -2.39. The van der Waals surface area contributed by atoms with E-state index in [1.54, 1.807) is 0 Å². The maximum atomic E-state index is 6.66. The third kappa shape index (κ3) is 6.14. The van der Waals surface area contributed by atoms with Gasteiger partial charge in [0.2, 0.25) is 0 Å². The lowest BCUT2D eigenvalue weighted by molar-refractivity contribution is 0.436. The van der Waals surface area contributed by atoms with E-state index in [9.17, 15) is 0 Å². The SMILES string of the molecule is c1ccc(-c2ccc(N(c3ccc(-c4cccc5c4-c4ccccc4C54c5ccccc5Oc5ccccc54)cc3)c3ccccc3-c3ccc4c(c3)-c3ccccc3C43c4ccccc4Oc4ccccc43)cc2)cc1. The Kier molecular flexibility index (Phi) is 9.47. The molecule has 0 N–H and O–H groups in total. The number of ether oxygens (including phenoxy) is 2. The number of benzene rings is 12. The second kappa shape index (κ2) is 16.8. The number of hydrogen-bond donors (Lipinski definition) is 0. The summed E-state index contributed by atoms with van der Waals surface area (Å²) < 4.78 is 13.3. The smallest absolute Gasteiger partial charge is 0.132 e. The monoisotopic (exact) mass is 981 g/mol. The van der Waals surface area contributed by atoms with Crippen LogP contribution in [-0.4, -0.2) is 0 Å². The molecule has 12 aromatic carbocycles. The first-order chi connectivity index (χ1) is 38.2. The number of hydrogen-bond acceptors (Lipinski definition) is 3. The van der Waals surface area contributed by atoms with Gasteiger partial charge >= 0.3 is 0 Å². The van der Waals surface area contributed by atoms with Gasteiger partial charge in [0.05, 0.1) is 16.5 Å². The van der Waals surface area contributed by atoms with E-state index in [4.69, 9.17) is 9.47 Å². The third-order valence-electron chi connectivity index (χ3n) is 16.8. The minimum absolute atomic E-state index is 0.537. The molecule has 2 aliphatic heterocycles. The summed E-state index contributed by atoms with van der Waals surface area (Å²) in [5, 5.41) is 0. The van der Waals surface area contributed by atoms with E-state index in [2.05, 4.69) is 290 Å². The summed E-state index contributed by atoms with van der Waals surface area (Å²) in [6.07, 6.45) is 0. The van der Waals surface area contributed by atoms with Crippen molar-refractivity contribution in [3.05, 3.63) is 330 Å². The number of rotatable bonds is 6. The predicted octanol–water partition coefficient (Wildman–Crippen LogP) is 19.1. The van der Waals surface area contributed by atoms with Crippen LogP contribution in [0.2, 0.25) is 0 Å². The van der Waals surface area contributed by atoms with Crippen molar-refractivity contribution in [3.63, 3.8) is 0 Å². The summed E-state index contributed by atoms with van der Waals surface area (Å²) in [5.41, 5.74) is 23.8. The third-order valence-corrected chi connectivity index (χ3v) is 16.8. The molecule has 0 radical (unpaired) electrons. The highest BCUT2D eigenvalue weighted by Crippen LogP contribution is 2.65. The van der Waals surface area contributed by atoms with E-state index in [0.29, 0.717) is 0 Å². The number of para-hydroxylation sites is 5. The molecule has 3 nitrogen and oxygen atoms in total. The van der Waals surface area contributed by atoms with Gasteiger partial charge in [0.1, 0.15) is 23.0 Å². The Morgan fingerprint density at radius 3 is 1.21 bits per heavy atom. The molecular formula is C74H47NO2. The second-order valence-electron chi connectivity index (χ2n) is 20.6. The van der Waals surface area contributed by atoms with Gasteiger partial charge in [-0.1, -0.05) is 224 Å². The molecule has 0 atom stereocenters. The van der Waals surface area contributed by atoms with Gasteiger partial charge < -0.3 is 14.4 Å². The maximum absolute atomic E-state index is 6.66. The van der Waals surface area contributed by atoms with Crippen LogP contribution in [0.4, 0.5) is 17.1 Å². The van der Waals surface area contributed by atoms with Crippen molar-refractivity contribution in [1.29, 1.82) is 0 Å². The van der Waals surface area contributed by atoms with Crippen LogP contribution >= 0.6 is 0 Å². The molecule has 0 fully saturated rings. The first-order valence-corrected chi connectivity index (χ1v) is 26.6. The van der Waals surface area contributed by atoms with Crippen molar-refractivity contribution in [3.8, 4) is 78.6 Å². The van der Waals surface area contributed by atoms with E-state index in [-0.39, 0.29) is 0 Å². The van der Waals surface area contributed by atoms with Crippen LogP contribution in [0.15, 0.2) is 285 Å². The van der Waals surface area contributed by atoms with Crippen LogP contribution in [0.25, 0.3) is 55.6 Å². The van der Waals surface area contributed by atoms with Gasteiger partial charge in [0.25, 0.3) is 0 Å². The van der Waals surface area contributed by atoms with E-state index >= 15 is 0 Å². The van der Waals surface area contributed by atoms with Crippen LogP contribution in [0.1, 0.15) is 44.5 Å². The van der Waals surface area contributed by atoms with Gasteiger partial charge in [-0.05, 0) is 133 Å². The average molecular weight is 982 g/mol. The molecule has 0 saturated heterocycles. The zero-order chi connectivity index (χ0) is 50.7. The van der Waals surface area contributed by atoms with Gasteiger partial charge in [-0.15, -0.1) is 0 Å². The van der Waals surface area contributed by atoms with E-state index in [0.717, 1.165) is 79.0 Å². The van der Waals surface area contributed by atoms with Crippen molar-refractivity contribution in [2.75, 3.05) is 4.90 Å². The molecule has 4 aliphatic rings. The van der Waals surface area contributed by atoms with Crippen molar-refractivity contribution < 1.29 is 9.47 Å². The van der Waals surface area contributed by atoms with Crippen LogP contribution in [-0.2, 0) is 10.8 Å². The maximum Gasteiger partial charge on any atom is 0.132 e. The molecule has 12 aromatic rings. The zero-order valence-electron chi connectivity index (χ0n) is 41.9. The minimum atomic E-state index is -0.542. The zero-order valence-corrected chi connectivity index (χ0v) is 41.9. The van der Waals surface area contributed by atoms with E-state index in [1.165, 1.54) is 61.2 Å². The van der Waals surface area contributed by atoms with Gasteiger partial charge in [-0.3, -0.25) is 0 Å². The fourth-order valence-corrected chi connectivity index (χ4v) is 13.7. The normalized spacial score (nSPS) is 13.9. The summed E-state index contributed by atoms with van der Waals surface area (Å²) in [7, 11) is 0. The van der Waals surface area contributed by atoms with Crippen LogP contribution < -0.4 is 14.4 Å². The second-order valence-corrected chi connectivity index (χ2v) is 20.6. The Morgan fingerprint density at radius 1 is 0.234 bits per heavy atom. The molecule has 0 saturated carbocycles. The molecule has 2 spiro atoms. The Morgan fingerprint density at radius 2 is 0.623 bits per heavy atom. The summed E-state index contributed by atoms with van der Waals surface area (Å²) in [4.78, 5) is 2.43. The molecule has 3 heteroatoms. The number of anilines is 3. The summed E-state index contributed by atoms with van der Waals surface area (Å²) in [5.74, 6) is 3.57. The summed E-state index contributed by atoms with van der Waals surface area (Å²) >= 11 is 0. The summed E-state index contributed by atoms with van der Waals surface area (Å²) in [6.45, 7) is 0. The Bertz CT molecular complexity index is 4250. The van der Waals surface area contributed by atoms with Crippen molar-refractivity contribution in [2.45, 2.75) is 10.8 Å². The van der Waals surface area contributed by atoms with Gasteiger partial charge in [-0.25, -0.2) is 0 Å². The van der Waals surface area contributed by atoms with Crippen LogP contribution in [0.5, 0.6) is 23.0 Å². The first kappa shape index (κ1) is 43.4. The topological polar surface area (TPSA) is 21.7 Å². The van der Waals surface area contributed by atoms with Crippen molar-refractivity contribution >= 4 is 17.1 Å². The van der Waals surface area contributed by atoms with Gasteiger partial charge in [-0.2, -0.15) is 0 Å². The minimum Gasteiger partial charge on any atom is -0.457 e. The van der Waals surface area contributed by atoms with Gasteiger partial charge in [0.15, 0.2) is 0 Å². The molecule has 16 rings (SSSR count). The molecule has 0 bridgehead atoms. The van der Waals surface area contributed by atoms with Crippen molar-refractivity contribution in [1.82, 2.24) is 0 Å². The van der Waals surface area contributed by atoms with Crippen LogP contribution in [0.3, 0.4) is 0 Å². The molecule has 0 amide bonds. The molecule has 2 heterocycles. The molecular weight excluding hydrogens is 935 g/mol. The molecule has 2 aliphatic carbocycles. The fourth-order valence-electron chi connectivity index (χ4n) is 13.7. The fraction of sp³-hybridized carbons (Fsp3) is 0.0270.